The van der Waals surface area contributed by atoms with Crippen molar-refractivity contribution in [1.82, 2.24) is 4.90 Å². The SMILES string of the molecule is COCCCN(C)Cc1ccc(C#N)cc1. The Kier molecular flexibility index (Phi) is 5.55. The van der Waals surface area contributed by atoms with Gasteiger partial charge in [0.05, 0.1) is 11.6 Å². The minimum atomic E-state index is 0.714. The van der Waals surface area contributed by atoms with Crippen molar-refractivity contribution < 1.29 is 4.74 Å². The van der Waals surface area contributed by atoms with Crippen molar-refractivity contribution in [3.05, 3.63) is 35.4 Å². The number of rotatable bonds is 6. The van der Waals surface area contributed by atoms with Gasteiger partial charge in [0.2, 0.25) is 0 Å². The Morgan fingerprint density at radius 2 is 2.00 bits per heavy atom. The van der Waals surface area contributed by atoms with E-state index in [2.05, 4.69) is 18.0 Å². The third kappa shape index (κ3) is 4.43. The number of hydrogen-bond donors (Lipinski definition) is 0. The van der Waals surface area contributed by atoms with Crippen molar-refractivity contribution in [3.63, 3.8) is 0 Å². The predicted octanol–water partition coefficient (Wildman–Crippen LogP) is 2.03. The van der Waals surface area contributed by atoms with Crippen LogP contribution in [-0.4, -0.2) is 32.2 Å². The summed E-state index contributed by atoms with van der Waals surface area (Å²) in [7, 11) is 3.81. The van der Waals surface area contributed by atoms with E-state index < -0.39 is 0 Å². The van der Waals surface area contributed by atoms with Crippen LogP contribution in [-0.2, 0) is 11.3 Å². The molecule has 0 aliphatic carbocycles. The normalized spacial score (nSPS) is 10.4. The molecule has 3 nitrogen and oxygen atoms in total. The lowest BCUT2D eigenvalue weighted by atomic mass is 10.1. The Balaban J connectivity index is 2.38. The Labute approximate surface area is 97.3 Å². The number of nitriles is 1. The average molecular weight is 218 g/mol. The van der Waals surface area contributed by atoms with Crippen LogP contribution < -0.4 is 0 Å². The molecular weight excluding hydrogens is 200 g/mol. The largest absolute Gasteiger partial charge is 0.385 e. The first kappa shape index (κ1) is 12.7. The fourth-order valence-corrected chi connectivity index (χ4v) is 1.55. The molecule has 0 atom stereocenters. The highest BCUT2D eigenvalue weighted by atomic mass is 16.5. The van der Waals surface area contributed by atoms with E-state index in [1.165, 1.54) is 5.56 Å². The quantitative estimate of drug-likeness (QED) is 0.685. The van der Waals surface area contributed by atoms with Crippen molar-refractivity contribution in [1.29, 1.82) is 5.26 Å². The highest BCUT2D eigenvalue weighted by molar-refractivity contribution is 5.31. The first-order valence-corrected chi connectivity index (χ1v) is 5.43. The van der Waals surface area contributed by atoms with Crippen LogP contribution in [0.2, 0.25) is 0 Å². The maximum absolute atomic E-state index is 8.68. The number of ether oxygens (including phenoxy) is 1. The third-order valence-corrected chi connectivity index (χ3v) is 2.42. The molecule has 0 saturated carbocycles. The molecule has 0 saturated heterocycles. The lowest BCUT2D eigenvalue weighted by Gasteiger charge is -2.16. The fourth-order valence-electron chi connectivity index (χ4n) is 1.55. The predicted molar refractivity (Wildman–Crippen MR) is 64.0 cm³/mol. The van der Waals surface area contributed by atoms with Gasteiger partial charge in [0.25, 0.3) is 0 Å². The Hall–Kier alpha value is -1.37. The molecule has 0 fully saturated rings. The topological polar surface area (TPSA) is 36.3 Å². The van der Waals surface area contributed by atoms with Gasteiger partial charge >= 0.3 is 0 Å². The summed E-state index contributed by atoms with van der Waals surface area (Å²) in [5.41, 5.74) is 1.95. The molecular formula is C13H18N2O. The third-order valence-electron chi connectivity index (χ3n) is 2.42. The van der Waals surface area contributed by atoms with Crippen LogP contribution >= 0.6 is 0 Å². The van der Waals surface area contributed by atoms with E-state index in [-0.39, 0.29) is 0 Å². The van der Waals surface area contributed by atoms with Crippen LogP contribution in [0, 0.1) is 11.3 Å². The Morgan fingerprint density at radius 3 is 2.56 bits per heavy atom. The van der Waals surface area contributed by atoms with Crippen molar-refractivity contribution in [2.75, 3.05) is 27.3 Å². The number of methoxy groups -OCH3 is 1. The van der Waals surface area contributed by atoms with Gasteiger partial charge in [0.1, 0.15) is 0 Å². The van der Waals surface area contributed by atoms with E-state index in [0.717, 1.165) is 26.1 Å². The molecule has 1 rings (SSSR count). The van der Waals surface area contributed by atoms with Crippen LogP contribution in [0.25, 0.3) is 0 Å². The fraction of sp³-hybridized carbons (Fsp3) is 0.462. The molecule has 1 aromatic rings. The summed E-state index contributed by atoms with van der Waals surface area (Å²) in [6, 6.07) is 9.85. The first-order valence-electron chi connectivity index (χ1n) is 5.43. The maximum atomic E-state index is 8.68. The zero-order valence-corrected chi connectivity index (χ0v) is 9.94. The molecule has 16 heavy (non-hydrogen) atoms. The van der Waals surface area contributed by atoms with Gasteiger partial charge < -0.3 is 9.64 Å². The second kappa shape index (κ2) is 7.00. The van der Waals surface area contributed by atoms with Crippen LogP contribution in [0.5, 0.6) is 0 Å². The summed E-state index contributed by atoms with van der Waals surface area (Å²) in [5, 5.41) is 8.68. The zero-order valence-electron chi connectivity index (χ0n) is 9.94. The van der Waals surface area contributed by atoms with E-state index in [4.69, 9.17) is 10.00 Å². The van der Waals surface area contributed by atoms with Gasteiger partial charge in [-0.2, -0.15) is 5.26 Å². The highest BCUT2D eigenvalue weighted by Gasteiger charge is 2.00. The van der Waals surface area contributed by atoms with Crippen LogP contribution in [0.1, 0.15) is 17.5 Å². The molecule has 0 amide bonds. The summed E-state index contributed by atoms with van der Waals surface area (Å²) in [5.74, 6) is 0. The molecule has 0 aliphatic rings. The lowest BCUT2D eigenvalue weighted by Crippen LogP contribution is -2.20. The van der Waals surface area contributed by atoms with E-state index in [1.54, 1.807) is 7.11 Å². The molecule has 0 radical (unpaired) electrons. The molecule has 3 heteroatoms. The van der Waals surface area contributed by atoms with Gasteiger partial charge in [-0.05, 0) is 31.2 Å². The molecule has 0 aliphatic heterocycles. The van der Waals surface area contributed by atoms with Crippen molar-refractivity contribution in [3.8, 4) is 6.07 Å². The summed E-state index contributed by atoms with van der Waals surface area (Å²) in [4.78, 5) is 2.25. The molecule has 86 valence electrons. The second-order valence-corrected chi connectivity index (χ2v) is 3.89. The monoisotopic (exact) mass is 218 g/mol. The molecule has 0 N–H and O–H groups in total. The molecule has 0 heterocycles. The number of benzene rings is 1. The number of nitrogens with zero attached hydrogens (tertiary/aromatic N) is 2. The van der Waals surface area contributed by atoms with Gasteiger partial charge in [0.15, 0.2) is 0 Å². The second-order valence-electron chi connectivity index (χ2n) is 3.89. The summed E-state index contributed by atoms with van der Waals surface area (Å²) < 4.78 is 5.01. The maximum Gasteiger partial charge on any atom is 0.0991 e. The average Bonchev–Trinajstić information content (AvgIpc) is 2.30. The molecule has 0 unspecified atom stereocenters. The summed E-state index contributed by atoms with van der Waals surface area (Å²) in [6.45, 7) is 2.74. The van der Waals surface area contributed by atoms with Gasteiger partial charge in [-0.15, -0.1) is 0 Å². The lowest BCUT2D eigenvalue weighted by molar-refractivity contribution is 0.178. The summed E-state index contributed by atoms with van der Waals surface area (Å²) >= 11 is 0. The molecule has 0 spiro atoms. The van der Waals surface area contributed by atoms with E-state index >= 15 is 0 Å². The number of hydrogen-bond acceptors (Lipinski definition) is 3. The summed E-state index contributed by atoms with van der Waals surface area (Å²) in [6.07, 6.45) is 1.04. The van der Waals surface area contributed by atoms with E-state index in [9.17, 15) is 0 Å². The minimum Gasteiger partial charge on any atom is -0.385 e. The minimum absolute atomic E-state index is 0.714. The van der Waals surface area contributed by atoms with Gasteiger partial charge in [-0.1, -0.05) is 12.1 Å². The van der Waals surface area contributed by atoms with Crippen LogP contribution in [0.15, 0.2) is 24.3 Å². The van der Waals surface area contributed by atoms with Crippen molar-refractivity contribution in [2.24, 2.45) is 0 Å². The van der Waals surface area contributed by atoms with Crippen LogP contribution in [0.3, 0.4) is 0 Å². The standard InChI is InChI=1S/C13H18N2O/c1-15(8-3-9-16-2)11-13-6-4-12(10-14)5-7-13/h4-7H,3,8-9,11H2,1-2H3. The van der Waals surface area contributed by atoms with Crippen molar-refractivity contribution in [2.45, 2.75) is 13.0 Å². The van der Waals surface area contributed by atoms with Gasteiger partial charge in [0, 0.05) is 26.8 Å². The van der Waals surface area contributed by atoms with Crippen LogP contribution in [0.4, 0.5) is 0 Å². The van der Waals surface area contributed by atoms with E-state index in [1.807, 2.05) is 24.3 Å². The zero-order chi connectivity index (χ0) is 11.8. The van der Waals surface area contributed by atoms with Gasteiger partial charge in [-0.25, -0.2) is 0 Å². The molecule has 0 bridgehead atoms. The molecule has 1 aromatic carbocycles. The van der Waals surface area contributed by atoms with Crippen molar-refractivity contribution >= 4 is 0 Å². The first-order chi connectivity index (χ1) is 7.76. The highest BCUT2D eigenvalue weighted by Crippen LogP contribution is 2.06. The smallest absolute Gasteiger partial charge is 0.0991 e. The van der Waals surface area contributed by atoms with Gasteiger partial charge in [-0.3, -0.25) is 0 Å². The molecule has 0 aromatic heterocycles. The van der Waals surface area contributed by atoms with E-state index in [0.29, 0.717) is 5.56 Å². The Morgan fingerprint density at radius 1 is 1.31 bits per heavy atom. The Bertz CT molecular complexity index is 340.